The number of nitrogens with zero attached hydrogens (tertiary/aromatic N) is 2. The highest BCUT2D eigenvalue weighted by molar-refractivity contribution is 5.99. The van der Waals surface area contributed by atoms with Gasteiger partial charge in [0.05, 0.1) is 5.69 Å². The number of hydrogen-bond acceptors (Lipinski definition) is 4. The number of carbonyl (C=O) groups excluding carboxylic acids is 1. The van der Waals surface area contributed by atoms with Crippen LogP contribution in [0.4, 0.5) is 5.95 Å². The van der Waals surface area contributed by atoms with Crippen LogP contribution in [0.5, 0.6) is 0 Å². The number of rotatable bonds is 3. The van der Waals surface area contributed by atoms with Crippen molar-refractivity contribution in [2.45, 2.75) is 6.92 Å². The Morgan fingerprint density at radius 3 is 2.37 bits per heavy atom. The molecule has 1 aromatic carbocycles. The standard InChI is InChI=1S/C14H15N3O2/c1-9(18)11-12(10-7-5-4-6-8-10)15-14(17(2)3)16-13(11)19/h4-8H,1-3H3,(H,15,16,19). The van der Waals surface area contributed by atoms with E-state index < -0.39 is 5.56 Å². The first-order chi connectivity index (χ1) is 9.00. The summed E-state index contributed by atoms with van der Waals surface area (Å²) in [7, 11) is 3.56. The van der Waals surface area contributed by atoms with Gasteiger partial charge in [-0.1, -0.05) is 30.3 Å². The number of benzene rings is 1. The summed E-state index contributed by atoms with van der Waals surface area (Å²) >= 11 is 0. The minimum absolute atomic E-state index is 0.0943. The highest BCUT2D eigenvalue weighted by Crippen LogP contribution is 2.20. The van der Waals surface area contributed by atoms with Crippen molar-refractivity contribution in [3.05, 3.63) is 46.2 Å². The van der Waals surface area contributed by atoms with Gasteiger partial charge in [-0.15, -0.1) is 0 Å². The van der Waals surface area contributed by atoms with Gasteiger partial charge in [0.15, 0.2) is 5.78 Å². The van der Waals surface area contributed by atoms with Gasteiger partial charge in [-0.3, -0.25) is 14.6 Å². The zero-order valence-electron chi connectivity index (χ0n) is 11.1. The molecule has 0 radical (unpaired) electrons. The van der Waals surface area contributed by atoms with Gasteiger partial charge in [0.25, 0.3) is 5.56 Å². The first-order valence-corrected chi connectivity index (χ1v) is 5.88. The minimum Gasteiger partial charge on any atom is -0.348 e. The molecule has 0 saturated heterocycles. The first kappa shape index (κ1) is 13.0. The summed E-state index contributed by atoms with van der Waals surface area (Å²) in [6.07, 6.45) is 0. The van der Waals surface area contributed by atoms with Crippen LogP contribution in [0.3, 0.4) is 0 Å². The Kier molecular flexibility index (Phi) is 3.46. The Morgan fingerprint density at radius 2 is 1.84 bits per heavy atom. The van der Waals surface area contributed by atoms with Crippen LogP contribution in [0.15, 0.2) is 35.1 Å². The summed E-state index contributed by atoms with van der Waals surface area (Å²) in [5.41, 5.74) is 0.851. The average molecular weight is 257 g/mol. The fourth-order valence-corrected chi connectivity index (χ4v) is 1.80. The van der Waals surface area contributed by atoms with Gasteiger partial charge < -0.3 is 4.90 Å². The van der Waals surface area contributed by atoms with Crippen molar-refractivity contribution >= 4 is 11.7 Å². The van der Waals surface area contributed by atoms with Gasteiger partial charge in [0.1, 0.15) is 5.56 Å². The SMILES string of the molecule is CC(=O)c1c(-c2ccccc2)nc(N(C)C)[nH]c1=O. The van der Waals surface area contributed by atoms with Crippen molar-refractivity contribution in [1.29, 1.82) is 0 Å². The molecule has 2 aromatic rings. The number of nitrogens with one attached hydrogen (secondary N) is 1. The smallest absolute Gasteiger partial charge is 0.263 e. The van der Waals surface area contributed by atoms with Crippen LogP contribution in [-0.4, -0.2) is 29.8 Å². The molecule has 1 aromatic heterocycles. The van der Waals surface area contributed by atoms with Crippen molar-refractivity contribution in [2.75, 3.05) is 19.0 Å². The lowest BCUT2D eigenvalue weighted by atomic mass is 10.0. The second-order valence-electron chi connectivity index (χ2n) is 4.43. The third-order valence-corrected chi connectivity index (χ3v) is 2.73. The second kappa shape index (κ2) is 5.06. The van der Waals surface area contributed by atoms with E-state index in [0.717, 1.165) is 5.56 Å². The summed E-state index contributed by atoms with van der Waals surface area (Å²) in [4.78, 5) is 32.4. The molecule has 0 aliphatic carbocycles. The maximum Gasteiger partial charge on any atom is 0.263 e. The molecule has 0 aliphatic heterocycles. The van der Waals surface area contributed by atoms with Crippen LogP contribution in [0.2, 0.25) is 0 Å². The molecule has 0 bridgehead atoms. The first-order valence-electron chi connectivity index (χ1n) is 5.88. The lowest BCUT2D eigenvalue weighted by Crippen LogP contribution is -2.24. The van der Waals surface area contributed by atoms with Crippen LogP contribution in [0.25, 0.3) is 11.3 Å². The van der Waals surface area contributed by atoms with Gasteiger partial charge in [-0.2, -0.15) is 0 Å². The van der Waals surface area contributed by atoms with E-state index in [1.807, 2.05) is 30.3 Å². The second-order valence-corrected chi connectivity index (χ2v) is 4.43. The zero-order chi connectivity index (χ0) is 14.0. The van der Waals surface area contributed by atoms with E-state index >= 15 is 0 Å². The molecule has 19 heavy (non-hydrogen) atoms. The zero-order valence-corrected chi connectivity index (χ0v) is 11.1. The van der Waals surface area contributed by atoms with E-state index in [0.29, 0.717) is 11.6 Å². The molecule has 5 nitrogen and oxygen atoms in total. The molecule has 5 heteroatoms. The maximum absolute atomic E-state index is 12.0. The minimum atomic E-state index is -0.412. The van der Waals surface area contributed by atoms with E-state index in [-0.39, 0.29) is 11.3 Å². The quantitative estimate of drug-likeness (QED) is 0.850. The Morgan fingerprint density at radius 1 is 1.21 bits per heavy atom. The van der Waals surface area contributed by atoms with Crippen molar-refractivity contribution in [2.24, 2.45) is 0 Å². The third kappa shape index (κ3) is 2.54. The summed E-state index contributed by atoms with van der Waals surface area (Å²) in [6, 6.07) is 9.22. The Balaban J connectivity index is 2.76. The molecular formula is C14H15N3O2. The van der Waals surface area contributed by atoms with Crippen molar-refractivity contribution in [3.63, 3.8) is 0 Å². The molecular weight excluding hydrogens is 242 g/mol. The largest absolute Gasteiger partial charge is 0.348 e. The number of anilines is 1. The van der Waals surface area contributed by atoms with Gasteiger partial charge >= 0.3 is 0 Å². The van der Waals surface area contributed by atoms with Crippen LogP contribution in [0.1, 0.15) is 17.3 Å². The third-order valence-electron chi connectivity index (χ3n) is 2.73. The number of aromatic nitrogens is 2. The van der Waals surface area contributed by atoms with Crippen LogP contribution in [-0.2, 0) is 0 Å². The molecule has 0 saturated carbocycles. The molecule has 1 heterocycles. The maximum atomic E-state index is 12.0. The molecule has 0 atom stereocenters. The molecule has 0 unspecified atom stereocenters. The Bertz CT molecular complexity index is 660. The fraction of sp³-hybridized carbons (Fsp3) is 0.214. The predicted molar refractivity (Wildman–Crippen MR) is 74.6 cm³/mol. The summed E-state index contributed by atoms with van der Waals surface area (Å²) < 4.78 is 0. The highest BCUT2D eigenvalue weighted by atomic mass is 16.1. The number of aromatic amines is 1. The molecule has 0 fully saturated rings. The number of hydrogen-bond donors (Lipinski definition) is 1. The fourth-order valence-electron chi connectivity index (χ4n) is 1.80. The number of carbonyl (C=O) groups is 1. The highest BCUT2D eigenvalue weighted by Gasteiger charge is 2.17. The topological polar surface area (TPSA) is 66.1 Å². The number of H-pyrrole nitrogens is 1. The monoisotopic (exact) mass is 257 g/mol. The lowest BCUT2D eigenvalue weighted by molar-refractivity contribution is 0.101. The summed E-state index contributed by atoms with van der Waals surface area (Å²) in [6.45, 7) is 1.37. The van der Waals surface area contributed by atoms with Gasteiger partial charge in [-0.25, -0.2) is 4.98 Å². The van der Waals surface area contributed by atoms with E-state index in [4.69, 9.17) is 0 Å². The molecule has 0 spiro atoms. The normalized spacial score (nSPS) is 10.3. The van der Waals surface area contributed by atoms with Gasteiger partial charge in [0.2, 0.25) is 5.95 Å². The molecule has 98 valence electrons. The lowest BCUT2D eigenvalue weighted by Gasteiger charge is -2.13. The Hall–Kier alpha value is -2.43. The van der Waals surface area contributed by atoms with Crippen molar-refractivity contribution < 1.29 is 4.79 Å². The van der Waals surface area contributed by atoms with E-state index in [9.17, 15) is 9.59 Å². The molecule has 0 aliphatic rings. The van der Waals surface area contributed by atoms with E-state index in [1.54, 1.807) is 19.0 Å². The van der Waals surface area contributed by atoms with Gasteiger partial charge in [0, 0.05) is 19.7 Å². The molecule has 2 rings (SSSR count). The van der Waals surface area contributed by atoms with Crippen LogP contribution in [0, 0.1) is 0 Å². The van der Waals surface area contributed by atoms with E-state index in [2.05, 4.69) is 9.97 Å². The predicted octanol–water partition coefficient (Wildman–Crippen LogP) is 1.71. The van der Waals surface area contributed by atoms with E-state index in [1.165, 1.54) is 6.92 Å². The number of Topliss-reactive ketones (excluding diaryl/α,β-unsaturated/α-hetero) is 1. The molecule has 0 amide bonds. The van der Waals surface area contributed by atoms with Crippen LogP contribution < -0.4 is 10.5 Å². The number of ketones is 1. The van der Waals surface area contributed by atoms with Gasteiger partial charge in [-0.05, 0) is 6.92 Å². The van der Waals surface area contributed by atoms with Crippen LogP contribution >= 0.6 is 0 Å². The van der Waals surface area contributed by atoms with Crippen molar-refractivity contribution in [3.8, 4) is 11.3 Å². The summed E-state index contributed by atoms with van der Waals surface area (Å²) in [5, 5.41) is 0. The average Bonchev–Trinajstić information content (AvgIpc) is 2.38. The molecule has 1 N–H and O–H groups in total. The Labute approximate surface area is 110 Å². The summed E-state index contributed by atoms with van der Waals surface area (Å²) in [5.74, 6) is 0.131. The van der Waals surface area contributed by atoms with Crippen molar-refractivity contribution in [1.82, 2.24) is 9.97 Å².